The van der Waals surface area contributed by atoms with Gasteiger partial charge in [0.05, 0.1) is 0 Å². The van der Waals surface area contributed by atoms with Gasteiger partial charge in [-0.3, -0.25) is 4.79 Å². The summed E-state index contributed by atoms with van der Waals surface area (Å²) in [7, 11) is 0. The monoisotopic (exact) mass is 217 g/mol. The van der Waals surface area contributed by atoms with E-state index in [2.05, 4.69) is 31.8 Å². The van der Waals surface area contributed by atoms with E-state index in [0.29, 0.717) is 6.04 Å². The predicted molar refractivity (Wildman–Crippen MR) is 65.0 cm³/mol. The number of carbonyl (C=O) groups excluding carboxylic acids is 1. The molecule has 0 aliphatic heterocycles. The second-order valence-corrected chi connectivity index (χ2v) is 4.19. The highest BCUT2D eigenvalue weighted by Crippen LogP contribution is 2.09. The van der Waals surface area contributed by atoms with Gasteiger partial charge in [-0.05, 0) is 12.8 Å². The molecule has 0 radical (unpaired) electrons. The fraction of sp³-hybridized carbons (Fsp3) is 0.909. The molecule has 0 saturated heterocycles. The van der Waals surface area contributed by atoms with Crippen molar-refractivity contribution in [2.24, 2.45) is 0 Å². The summed E-state index contributed by atoms with van der Waals surface area (Å²) in [5.41, 5.74) is 0. The molecule has 0 aliphatic carbocycles. The Morgan fingerprint density at radius 1 is 1.14 bits per heavy atom. The molecule has 1 unspecified atom stereocenters. The summed E-state index contributed by atoms with van der Waals surface area (Å²) in [6, 6.07) is 0.335. The van der Waals surface area contributed by atoms with Gasteiger partial charge >= 0.3 is 0 Å². The molecule has 0 aliphatic rings. The van der Waals surface area contributed by atoms with Crippen molar-refractivity contribution in [1.82, 2.24) is 5.32 Å². The van der Waals surface area contributed by atoms with Crippen LogP contribution in [0.25, 0.3) is 0 Å². The quantitative estimate of drug-likeness (QED) is 0.470. The fourth-order valence-electron chi connectivity index (χ4n) is 1.63. The molecule has 0 bridgehead atoms. The summed E-state index contributed by atoms with van der Waals surface area (Å²) in [5.74, 6) is 0. The highest BCUT2D eigenvalue weighted by molar-refractivity contribution is 7.96. The Kier molecular flexibility index (Phi) is 9.26. The standard InChI is InChI=1S/C11H23NOS/c1-3-5-6-7-9-10(8-4-2)12-11(13)14/h10H,3-9H2,1-2H3,(H2,12,13,14). The molecule has 0 fully saturated rings. The highest BCUT2D eigenvalue weighted by atomic mass is 32.1. The normalized spacial score (nSPS) is 12.5. The Balaban J connectivity index is 3.56. The molecule has 3 heteroatoms. The predicted octanol–water partition coefficient (Wildman–Crippen LogP) is 3.76. The van der Waals surface area contributed by atoms with Gasteiger partial charge in [0.25, 0.3) is 5.24 Å². The van der Waals surface area contributed by atoms with E-state index < -0.39 is 0 Å². The summed E-state index contributed by atoms with van der Waals surface area (Å²) >= 11 is 3.74. The molecule has 0 heterocycles. The molecule has 0 aromatic heterocycles. The third-order valence-electron chi connectivity index (χ3n) is 2.37. The van der Waals surface area contributed by atoms with E-state index in [9.17, 15) is 4.79 Å². The maximum Gasteiger partial charge on any atom is 0.276 e. The van der Waals surface area contributed by atoms with Gasteiger partial charge in [0.1, 0.15) is 0 Å². The lowest BCUT2D eigenvalue weighted by Gasteiger charge is -2.16. The van der Waals surface area contributed by atoms with Crippen LogP contribution >= 0.6 is 12.6 Å². The van der Waals surface area contributed by atoms with Gasteiger partial charge in [-0.25, -0.2) is 0 Å². The number of amides is 1. The van der Waals surface area contributed by atoms with Crippen LogP contribution in [-0.4, -0.2) is 11.3 Å². The first-order valence-electron chi connectivity index (χ1n) is 5.70. The summed E-state index contributed by atoms with van der Waals surface area (Å²) in [5, 5.41) is 2.69. The topological polar surface area (TPSA) is 29.1 Å². The Morgan fingerprint density at radius 2 is 1.86 bits per heavy atom. The molecule has 0 spiro atoms. The number of hydrogen-bond donors (Lipinski definition) is 2. The minimum atomic E-state index is -0.195. The summed E-state index contributed by atoms with van der Waals surface area (Å²) in [6.45, 7) is 4.35. The number of unbranched alkanes of at least 4 members (excludes halogenated alkanes) is 3. The van der Waals surface area contributed by atoms with Crippen LogP contribution in [0.1, 0.15) is 58.8 Å². The lowest BCUT2D eigenvalue weighted by Crippen LogP contribution is -2.30. The summed E-state index contributed by atoms with van der Waals surface area (Å²) in [6.07, 6.45) is 8.34. The zero-order valence-corrected chi connectivity index (χ0v) is 10.3. The molecule has 0 rings (SSSR count). The van der Waals surface area contributed by atoms with Crippen LogP contribution in [0.15, 0.2) is 0 Å². The molecule has 0 aromatic carbocycles. The van der Waals surface area contributed by atoms with Crippen molar-refractivity contribution in [2.45, 2.75) is 64.8 Å². The molecule has 0 saturated carbocycles. The summed E-state index contributed by atoms with van der Waals surface area (Å²) < 4.78 is 0. The van der Waals surface area contributed by atoms with E-state index >= 15 is 0 Å². The van der Waals surface area contributed by atoms with E-state index in [1.807, 2.05) is 0 Å². The maximum atomic E-state index is 10.8. The van der Waals surface area contributed by atoms with Crippen molar-refractivity contribution in [3.63, 3.8) is 0 Å². The Morgan fingerprint density at radius 3 is 2.36 bits per heavy atom. The zero-order valence-electron chi connectivity index (χ0n) is 9.38. The number of carbonyl (C=O) groups is 1. The van der Waals surface area contributed by atoms with Crippen LogP contribution < -0.4 is 5.32 Å². The van der Waals surface area contributed by atoms with Gasteiger partial charge in [0, 0.05) is 6.04 Å². The van der Waals surface area contributed by atoms with Crippen LogP contribution in [0.2, 0.25) is 0 Å². The molecular weight excluding hydrogens is 194 g/mol. The molecule has 1 N–H and O–H groups in total. The van der Waals surface area contributed by atoms with Crippen molar-refractivity contribution in [3.05, 3.63) is 0 Å². The van der Waals surface area contributed by atoms with Gasteiger partial charge in [-0.2, -0.15) is 0 Å². The first-order chi connectivity index (χ1) is 6.70. The van der Waals surface area contributed by atoms with Gasteiger partial charge in [-0.15, -0.1) is 0 Å². The SMILES string of the molecule is CCCCCCC(CCC)NC(=O)S. The van der Waals surface area contributed by atoms with Gasteiger partial charge in [-0.1, -0.05) is 58.6 Å². The largest absolute Gasteiger partial charge is 0.344 e. The average molecular weight is 217 g/mol. The van der Waals surface area contributed by atoms with Crippen molar-refractivity contribution < 1.29 is 4.79 Å². The number of nitrogens with one attached hydrogen (secondary N) is 1. The van der Waals surface area contributed by atoms with Gasteiger partial charge < -0.3 is 5.32 Å². The highest BCUT2D eigenvalue weighted by Gasteiger charge is 2.08. The maximum absolute atomic E-state index is 10.8. The third-order valence-corrected chi connectivity index (χ3v) is 2.50. The van der Waals surface area contributed by atoms with Crippen molar-refractivity contribution >= 4 is 17.9 Å². The smallest absolute Gasteiger partial charge is 0.276 e. The molecule has 14 heavy (non-hydrogen) atoms. The first-order valence-corrected chi connectivity index (χ1v) is 6.14. The Labute approximate surface area is 93.3 Å². The lowest BCUT2D eigenvalue weighted by atomic mass is 10.0. The third kappa shape index (κ3) is 8.42. The summed E-state index contributed by atoms with van der Waals surface area (Å²) in [4.78, 5) is 10.8. The minimum absolute atomic E-state index is 0.195. The van der Waals surface area contributed by atoms with Crippen molar-refractivity contribution in [1.29, 1.82) is 0 Å². The number of thiol groups is 1. The Hall–Kier alpha value is -0.180. The van der Waals surface area contributed by atoms with Crippen LogP contribution in [0.5, 0.6) is 0 Å². The van der Waals surface area contributed by atoms with E-state index in [1.165, 1.54) is 25.7 Å². The molecule has 2 nitrogen and oxygen atoms in total. The first kappa shape index (κ1) is 13.8. The van der Waals surface area contributed by atoms with Crippen LogP contribution in [0.3, 0.4) is 0 Å². The van der Waals surface area contributed by atoms with Gasteiger partial charge in [0.15, 0.2) is 0 Å². The fourth-order valence-corrected chi connectivity index (χ4v) is 1.81. The minimum Gasteiger partial charge on any atom is -0.344 e. The van der Waals surface area contributed by atoms with Crippen molar-refractivity contribution in [2.75, 3.05) is 0 Å². The van der Waals surface area contributed by atoms with Crippen molar-refractivity contribution in [3.8, 4) is 0 Å². The number of rotatable bonds is 8. The zero-order chi connectivity index (χ0) is 10.8. The molecular formula is C11H23NOS. The van der Waals surface area contributed by atoms with E-state index in [4.69, 9.17) is 0 Å². The van der Waals surface area contributed by atoms with Crippen LogP contribution in [0, 0.1) is 0 Å². The van der Waals surface area contributed by atoms with Crippen LogP contribution in [0.4, 0.5) is 4.79 Å². The second kappa shape index (κ2) is 9.38. The Bertz CT molecular complexity index is 150. The number of hydrogen-bond acceptors (Lipinski definition) is 1. The molecule has 1 amide bonds. The molecule has 1 atom stereocenters. The molecule has 0 aromatic rings. The van der Waals surface area contributed by atoms with E-state index in [1.54, 1.807) is 0 Å². The van der Waals surface area contributed by atoms with Crippen LogP contribution in [-0.2, 0) is 0 Å². The average Bonchev–Trinajstić information content (AvgIpc) is 2.12. The van der Waals surface area contributed by atoms with E-state index in [0.717, 1.165) is 19.3 Å². The molecule has 84 valence electrons. The lowest BCUT2D eigenvalue weighted by molar-refractivity contribution is 0.255. The van der Waals surface area contributed by atoms with E-state index in [-0.39, 0.29) is 5.24 Å². The van der Waals surface area contributed by atoms with Gasteiger partial charge in [0.2, 0.25) is 0 Å². The second-order valence-electron chi connectivity index (χ2n) is 3.78.